The van der Waals surface area contributed by atoms with Crippen LogP contribution in [0.4, 0.5) is 5.69 Å². The molecule has 0 fully saturated rings. The summed E-state index contributed by atoms with van der Waals surface area (Å²) in [6, 6.07) is 4.43. The predicted molar refractivity (Wildman–Crippen MR) is 78.0 cm³/mol. The minimum Gasteiger partial charge on any atom is -0.497 e. The second kappa shape index (κ2) is 5.93. The molecule has 0 amide bonds. The molecule has 118 valence electrons. The van der Waals surface area contributed by atoms with Crippen molar-refractivity contribution in [2.75, 3.05) is 18.9 Å². The molecule has 10 heteroatoms. The van der Waals surface area contributed by atoms with Crippen molar-refractivity contribution in [3.8, 4) is 11.5 Å². The van der Waals surface area contributed by atoms with Gasteiger partial charge in [-0.05, 0) is 12.1 Å². The van der Waals surface area contributed by atoms with Gasteiger partial charge in [0.2, 0.25) is 0 Å². The van der Waals surface area contributed by atoms with Gasteiger partial charge in [0, 0.05) is 12.3 Å². The minimum atomic E-state index is -4.20. The van der Waals surface area contributed by atoms with Crippen LogP contribution in [0.2, 0.25) is 0 Å². The molecular weight excluding hydrogens is 314 g/mol. The number of rotatable bonds is 5. The van der Waals surface area contributed by atoms with Gasteiger partial charge in [0.1, 0.15) is 11.5 Å². The molecule has 0 spiro atoms. The largest absolute Gasteiger partial charge is 0.497 e. The molecular formula is C12H13N3O6S. The highest BCUT2D eigenvalue weighted by atomic mass is 32.2. The SMILES string of the molecule is COc1ccc(NS(=O)(=O)c2c[nH]c(=O)[nH]c2=O)c(OC)c1. The first kappa shape index (κ1) is 15.6. The lowest BCUT2D eigenvalue weighted by atomic mass is 10.3. The van der Waals surface area contributed by atoms with E-state index >= 15 is 0 Å². The van der Waals surface area contributed by atoms with Gasteiger partial charge >= 0.3 is 5.69 Å². The average molecular weight is 327 g/mol. The standard InChI is InChI=1S/C12H13N3O6S/c1-20-7-3-4-8(9(5-7)21-2)15-22(18,19)10-6-13-12(17)14-11(10)16/h3-6,15H,1-2H3,(H2,13,14,16,17). The number of ether oxygens (including phenoxy) is 2. The van der Waals surface area contributed by atoms with Crippen LogP contribution in [0.3, 0.4) is 0 Å². The van der Waals surface area contributed by atoms with Gasteiger partial charge in [0.05, 0.1) is 19.9 Å². The number of nitrogens with one attached hydrogen (secondary N) is 3. The van der Waals surface area contributed by atoms with Gasteiger partial charge in [-0.2, -0.15) is 0 Å². The minimum absolute atomic E-state index is 0.119. The molecule has 3 N–H and O–H groups in total. The number of benzene rings is 1. The summed E-state index contributed by atoms with van der Waals surface area (Å²) in [6.07, 6.45) is 0.819. The molecule has 0 aliphatic rings. The zero-order valence-electron chi connectivity index (χ0n) is 11.7. The highest BCUT2D eigenvalue weighted by Crippen LogP contribution is 2.30. The molecule has 0 atom stereocenters. The molecule has 1 aromatic heterocycles. The lowest BCUT2D eigenvalue weighted by molar-refractivity contribution is 0.395. The zero-order valence-corrected chi connectivity index (χ0v) is 12.5. The van der Waals surface area contributed by atoms with Crippen molar-refractivity contribution in [1.29, 1.82) is 0 Å². The molecule has 1 aromatic carbocycles. The quantitative estimate of drug-likeness (QED) is 0.702. The first-order valence-electron chi connectivity index (χ1n) is 5.94. The summed E-state index contributed by atoms with van der Waals surface area (Å²) in [5.41, 5.74) is -1.70. The van der Waals surface area contributed by atoms with Crippen LogP contribution in [0.5, 0.6) is 11.5 Å². The summed E-state index contributed by atoms with van der Waals surface area (Å²) in [7, 11) is -1.38. The number of anilines is 1. The highest BCUT2D eigenvalue weighted by molar-refractivity contribution is 7.92. The van der Waals surface area contributed by atoms with E-state index in [2.05, 4.69) is 9.71 Å². The van der Waals surface area contributed by atoms with Gasteiger partial charge in [-0.25, -0.2) is 13.2 Å². The van der Waals surface area contributed by atoms with E-state index in [1.54, 1.807) is 0 Å². The lowest BCUT2D eigenvalue weighted by Gasteiger charge is -2.12. The monoisotopic (exact) mass is 327 g/mol. The van der Waals surface area contributed by atoms with E-state index in [0.29, 0.717) is 5.75 Å². The molecule has 0 aliphatic heterocycles. The highest BCUT2D eigenvalue weighted by Gasteiger charge is 2.20. The van der Waals surface area contributed by atoms with Gasteiger partial charge in [-0.1, -0.05) is 0 Å². The third-order valence-corrected chi connectivity index (χ3v) is 4.10. The molecule has 0 bridgehead atoms. The molecule has 0 saturated heterocycles. The number of sulfonamides is 1. The van der Waals surface area contributed by atoms with Crippen molar-refractivity contribution in [2.24, 2.45) is 0 Å². The van der Waals surface area contributed by atoms with Crippen LogP contribution in [0, 0.1) is 0 Å². The molecule has 22 heavy (non-hydrogen) atoms. The van der Waals surface area contributed by atoms with Crippen molar-refractivity contribution < 1.29 is 17.9 Å². The summed E-state index contributed by atoms with van der Waals surface area (Å²) in [6.45, 7) is 0. The van der Waals surface area contributed by atoms with Crippen LogP contribution in [0.1, 0.15) is 0 Å². The maximum Gasteiger partial charge on any atom is 0.325 e. The fourth-order valence-electron chi connectivity index (χ4n) is 1.68. The van der Waals surface area contributed by atoms with Gasteiger partial charge in [-0.3, -0.25) is 14.5 Å². The number of aromatic amines is 2. The van der Waals surface area contributed by atoms with Crippen molar-refractivity contribution in [3.63, 3.8) is 0 Å². The maximum absolute atomic E-state index is 12.2. The Kier molecular flexibility index (Phi) is 4.22. The lowest BCUT2D eigenvalue weighted by Crippen LogP contribution is -2.29. The molecule has 2 aromatic rings. The number of H-pyrrole nitrogens is 2. The van der Waals surface area contributed by atoms with E-state index in [1.165, 1.54) is 32.4 Å². The molecule has 0 aliphatic carbocycles. The Morgan fingerprint density at radius 1 is 1.14 bits per heavy atom. The van der Waals surface area contributed by atoms with Crippen LogP contribution in [0.15, 0.2) is 38.9 Å². The summed E-state index contributed by atoms with van der Waals surface area (Å²) in [5, 5.41) is 0. The van der Waals surface area contributed by atoms with Gasteiger partial charge in [-0.15, -0.1) is 0 Å². The fourth-order valence-corrected chi connectivity index (χ4v) is 2.76. The summed E-state index contributed by atoms with van der Waals surface area (Å²) < 4.78 is 36.7. The number of methoxy groups -OCH3 is 2. The molecule has 9 nitrogen and oxygen atoms in total. The Hall–Kier alpha value is -2.75. The first-order chi connectivity index (χ1) is 10.4. The number of hydrogen-bond donors (Lipinski definition) is 3. The van der Waals surface area contributed by atoms with Gasteiger partial charge < -0.3 is 14.5 Å². The van der Waals surface area contributed by atoms with Crippen LogP contribution in [-0.2, 0) is 10.0 Å². The molecule has 0 unspecified atom stereocenters. The maximum atomic E-state index is 12.2. The third-order valence-electron chi connectivity index (χ3n) is 2.73. The predicted octanol–water partition coefficient (Wildman–Crippen LogP) is -0.119. The van der Waals surface area contributed by atoms with Crippen molar-refractivity contribution in [3.05, 3.63) is 45.2 Å². The van der Waals surface area contributed by atoms with Crippen molar-refractivity contribution >= 4 is 15.7 Å². The molecule has 2 rings (SSSR count). The molecule has 0 saturated carbocycles. The Balaban J connectivity index is 2.45. The zero-order chi connectivity index (χ0) is 16.3. The van der Waals surface area contributed by atoms with Crippen LogP contribution in [0.25, 0.3) is 0 Å². The Bertz CT molecular complexity index is 900. The van der Waals surface area contributed by atoms with E-state index in [1.807, 2.05) is 4.98 Å². The topological polar surface area (TPSA) is 130 Å². The first-order valence-corrected chi connectivity index (χ1v) is 7.42. The Morgan fingerprint density at radius 3 is 2.45 bits per heavy atom. The third kappa shape index (κ3) is 3.11. The van der Waals surface area contributed by atoms with Gasteiger partial charge in [0.25, 0.3) is 15.6 Å². The van der Waals surface area contributed by atoms with Gasteiger partial charge in [0.15, 0.2) is 4.90 Å². The second-order valence-electron chi connectivity index (χ2n) is 4.11. The molecule has 1 heterocycles. The fraction of sp³-hybridized carbons (Fsp3) is 0.167. The van der Waals surface area contributed by atoms with E-state index in [9.17, 15) is 18.0 Å². The average Bonchev–Trinajstić information content (AvgIpc) is 2.46. The Labute approximate surface area is 125 Å². The number of hydrogen-bond acceptors (Lipinski definition) is 6. The van der Waals surface area contributed by atoms with Crippen molar-refractivity contribution in [1.82, 2.24) is 9.97 Å². The number of aromatic nitrogens is 2. The van der Waals surface area contributed by atoms with Crippen LogP contribution >= 0.6 is 0 Å². The summed E-state index contributed by atoms with van der Waals surface area (Å²) in [5.74, 6) is 0.686. The van der Waals surface area contributed by atoms with E-state index in [-0.39, 0.29) is 11.4 Å². The van der Waals surface area contributed by atoms with E-state index in [4.69, 9.17) is 9.47 Å². The van der Waals surface area contributed by atoms with E-state index < -0.39 is 26.2 Å². The van der Waals surface area contributed by atoms with Crippen LogP contribution < -0.4 is 25.4 Å². The smallest absolute Gasteiger partial charge is 0.325 e. The summed E-state index contributed by atoms with van der Waals surface area (Å²) in [4.78, 5) is 25.8. The van der Waals surface area contributed by atoms with E-state index in [0.717, 1.165) is 6.20 Å². The second-order valence-corrected chi connectivity index (χ2v) is 5.76. The summed E-state index contributed by atoms with van der Waals surface area (Å²) >= 11 is 0. The van der Waals surface area contributed by atoms with Crippen molar-refractivity contribution in [2.45, 2.75) is 4.90 Å². The Morgan fingerprint density at radius 2 is 1.86 bits per heavy atom. The molecule has 0 radical (unpaired) electrons. The normalized spacial score (nSPS) is 11.0. The van der Waals surface area contributed by atoms with Crippen LogP contribution in [-0.4, -0.2) is 32.6 Å².